The Kier molecular flexibility index (Phi) is 3.38. The molecular weight excluding hydrogens is 254 g/mol. The molecule has 0 radical (unpaired) electrons. The summed E-state index contributed by atoms with van der Waals surface area (Å²) in [5.41, 5.74) is 2.98. The SMILES string of the molecule is CNc1sc2c(c1C(=O)c1ccccc1)CCCC2. The number of thiophene rings is 1. The zero-order chi connectivity index (χ0) is 13.2. The van der Waals surface area contributed by atoms with E-state index in [2.05, 4.69) is 5.32 Å². The van der Waals surface area contributed by atoms with Gasteiger partial charge in [-0.2, -0.15) is 0 Å². The zero-order valence-electron chi connectivity index (χ0n) is 11.0. The average Bonchev–Trinajstić information content (AvgIpc) is 2.86. The van der Waals surface area contributed by atoms with Gasteiger partial charge in [-0.25, -0.2) is 0 Å². The van der Waals surface area contributed by atoms with Gasteiger partial charge < -0.3 is 5.32 Å². The van der Waals surface area contributed by atoms with Crippen molar-refractivity contribution in [1.82, 2.24) is 0 Å². The summed E-state index contributed by atoms with van der Waals surface area (Å²) in [5.74, 6) is 0.157. The van der Waals surface area contributed by atoms with Crippen molar-refractivity contribution in [3.05, 3.63) is 51.9 Å². The number of carbonyl (C=O) groups is 1. The Labute approximate surface area is 117 Å². The largest absolute Gasteiger partial charge is 0.379 e. The topological polar surface area (TPSA) is 29.1 Å². The molecule has 3 rings (SSSR count). The van der Waals surface area contributed by atoms with Crippen LogP contribution in [0.1, 0.15) is 39.2 Å². The fourth-order valence-corrected chi connectivity index (χ4v) is 3.96. The molecule has 2 nitrogen and oxygen atoms in total. The van der Waals surface area contributed by atoms with Crippen molar-refractivity contribution in [2.75, 3.05) is 12.4 Å². The number of anilines is 1. The number of hydrogen-bond acceptors (Lipinski definition) is 3. The Hall–Kier alpha value is -1.61. The minimum atomic E-state index is 0.157. The molecule has 0 atom stereocenters. The van der Waals surface area contributed by atoms with E-state index in [9.17, 15) is 4.79 Å². The highest BCUT2D eigenvalue weighted by Crippen LogP contribution is 2.38. The molecule has 1 heterocycles. The lowest BCUT2D eigenvalue weighted by atomic mass is 9.92. The summed E-state index contributed by atoms with van der Waals surface area (Å²) in [6.45, 7) is 0. The van der Waals surface area contributed by atoms with Crippen molar-refractivity contribution < 1.29 is 4.79 Å². The lowest BCUT2D eigenvalue weighted by molar-refractivity contribution is 0.103. The molecule has 0 saturated heterocycles. The second-order valence-electron chi connectivity index (χ2n) is 4.86. The summed E-state index contributed by atoms with van der Waals surface area (Å²) in [6.07, 6.45) is 4.61. The minimum Gasteiger partial charge on any atom is -0.379 e. The smallest absolute Gasteiger partial charge is 0.196 e. The highest BCUT2D eigenvalue weighted by atomic mass is 32.1. The summed E-state index contributed by atoms with van der Waals surface area (Å²) in [5, 5.41) is 4.23. The molecule has 19 heavy (non-hydrogen) atoms. The van der Waals surface area contributed by atoms with Gasteiger partial charge in [0, 0.05) is 17.5 Å². The quantitative estimate of drug-likeness (QED) is 0.858. The number of hydrogen-bond donors (Lipinski definition) is 1. The first-order valence-electron chi connectivity index (χ1n) is 6.73. The van der Waals surface area contributed by atoms with Crippen LogP contribution in [-0.2, 0) is 12.8 Å². The second-order valence-corrected chi connectivity index (χ2v) is 5.97. The molecule has 3 heteroatoms. The van der Waals surface area contributed by atoms with Crippen LogP contribution in [0.5, 0.6) is 0 Å². The number of fused-ring (bicyclic) bond motifs is 1. The fraction of sp³-hybridized carbons (Fsp3) is 0.312. The first kappa shape index (κ1) is 12.4. The predicted molar refractivity (Wildman–Crippen MR) is 80.4 cm³/mol. The molecule has 1 aliphatic rings. The van der Waals surface area contributed by atoms with Gasteiger partial charge in [0.05, 0.1) is 10.6 Å². The molecule has 1 aliphatic carbocycles. The van der Waals surface area contributed by atoms with Crippen molar-refractivity contribution in [3.8, 4) is 0 Å². The van der Waals surface area contributed by atoms with Gasteiger partial charge in [0.2, 0.25) is 0 Å². The van der Waals surface area contributed by atoms with Crippen LogP contribution in [0.2, 0.25) is 0 Å². The third kappa shape index (κ3) is 2.19. The summed E-state index contributed by atoms with van der Waals surface area (Å²) in [6, 6.07) is 9.58. The van der Waals surface area contributed by atoms with Crippen LogP contribution in [0.25, 0.3) is 0 Å². The first-order chi connectivity index (χ1) is 9.31. The minimum absolute atomic E-state index is 0.157. The maximum atomic E-state index is 12.7. The molecule has 0 bridgehead atoms. The van der Waals surface area contributed by atoms with Gasteiger partial charge in [-0.1, -0.05) is 30.3 Å². The number of rotatable bonds is 3. The highest BCUT2D eigenvalue weighted by Gasteiger charge is 2.25. The third-order valence-electron chi connectivity index (χ3n) is 3.66. The monoisotopic (exact) mass is 271 g/mol. The van der Waals surface area contributed by atoms with Crippen molar-refractivity contribution >= 4 is 22.1 Å². The number of aryl methyl sites for hydroxylation is 1. The van der Waals surface area contributed by atoms with E-state index in [0.29, 0.717) is 0 Å². The van der Waals surface area contributed by atoms with Gasteiger partial charge in [-0.3, -0.25) is 4.79 Å². The molecule has 0 saturated carbocycles. The molecule has 2 aromatic rings. The van der Waals surface area contributed by atoms with Crippen LogP contribution in [0.4, 0.5) is 5.00 Å². The van der Waals surface area contributed by atoms with Crippen LogP contribution in [0.15, 0.2) is 30.3 Å². The average molecular weight is 271 g/mol. The molecule has 0 spiro atoms. The fourth-order valence-electron chi connectivity index (χ4n) is 2.72. The first-order valence-corrected chi connectivity index (χ1v) is 7.55. The number of nitrogens with one attached hydrogen (secondary N) is 1. The van der Waals surface area contributed by atoms with E-state index < -0.39 is 0 Å². The van der Waals surface area contributed by atoms with Crippen molar-refractivity contribution in [1.29, 1.82) is 0 Å². The molecule has 1 N–H and O–H groups in total. The molecule has 0 fully saturated rings. The number of carbonyl (C=O) groups excluding carboxylic acids is 1. The van der Waals surface area contributed by atoms with Crippen LogP contribution in [0, 0.1) is 0 Å². The van der Waals surface area contributed by atoms with Gasteiger partial charge in [-0.05, 0) is 31.2 Å². The van der Waals surface area contributed by atoms with Crippen LogP contribution >= 0.6 is 11.3 Å². The summed E-state index contributed by atoms with van der Waals surface area (Å²) in [4.78, 5) is 14.1. The van der Waals surface area contributed by atoms with E-state index in [1.54, 1.807) is 11.3 Å². The van der Waals surface area contributed by atoms with Crippen LogP contribution < -0.4 is 5.32 Å². The van der Waals surface area contributed by atoms with Gasteiger partial charge in [0.15, 0.2) is 5.78 Å². The Morgan fingerprint density at radius 1 is 1.16 bits per heavy atom. The number of benzene rings is 1. The standard InChI is InChI=1S/C16H17NOS/c1-17-16-14(12-9-5-6-10-13(12)19-16)15(18)11-7-3-2-4-8-11/h2-4,7-8,17H,5-6,9-10H2,1H3. The van der Waals surface area contributed by atoms with E-state index in [1.165, 1.54) is 23.3 Å². The Morgan fingerprint density at radius 2 is 1.89 bits per heavy atom. The van der Waals surface area contributed by atoms with Crippen LogP contribution in [0.3, 0.4) is 0 Å². The molecule has 98 valence electrons. The zero-order valence-corrected chi connectivity index (χ0v) is 11.8. The lowest BCUT2D eigenvalue weighted by Crippen LogP contribution is -2.08. The van der Waals surface area contributed by atoms with E-state index in [4.69, 9.17) is 0 Å². The normalized spacial score (nSPS) is 13.9. The second kappa shape index (κ2) is 5.17. The Balaban J connectivity index is 2.09. The Morgan fingerprint density at radius 3 is 2.63 bits per heavy atom. The van der Waals surface area contributed by atoms with E-state index in [0.717, 1.165) is 29.0 Å². The summed E-state index contributed by atoms with van der Waals surface area (Å²) in [7, 11) is 1.90. The third-order valence-corrected chi connectivity index (χ3v) is 4.97. The lowest BCUT2D eigenvalue weighted by Gasteiger charge is -2.12. The molecule has 0 amide bonds. The molecular formula is C16H17NOS. The van der Waals surface area contributed by atoms with Gasteiger partial charge in [-0.15, -0.1) is 11.3 Å². The van der Waals surface area contributed by atoms with Gasteiger partial charge in [0.25, 0.3) is 0 Å². The van der Waals surface area contributed by atoms with Gasteiger partial charge in [0.1, 0.15) is 0 Å². The molecule has 0 aliphatic heterocycles. The maximum Gasteiger partial charge on any atom is 0.196 e. The molecule has 1 aromatic heterocycles. The van der Waals surface area contributed by atoms with Crippen molar-refractivity contribution in [2.24, 2.45) is 0 Å². The number of ketones is 1. The predicted octanol–water partition coefficient (Wildman–Crippen LogP) is 3.90. The van der Waals surface area contributed by atoms with E-state index in [-0.39, 0.29) is 5.78 Å². The van der Waals surface area contributed by atoms with Crippen LogP contribution in [-0.4, -0.2) is 12.8 Å². The van der Waals surface area contributed by atoms with E-state index in [1.807, 2.05) is 37.4 Å². The van der Waals surface area contributed by atoms with Crippen molar-refractivity contribution in [3.63, 3.8) is 0 Å². The summed E-state index contributed by atoms with van der Waals surface area (Å²) < 4.78 is 0. The van der Waals surface area contributed by atoms with Gasteiger partial charge >= 0.3 is 0 Å². The van der Waals surface area contributed by atoms with Crippen molar-refractivity contribution in [2.45, 2.75) is 25.7 Å². The summed E-state index contributed by atoms with van der Waals surface area (Å²) >= 11 is 1.75. The van der Waals surface area contributed by atoms with E-state index >= 15 is 0 Å². The Bertz CT molecular complexity index is 601. The molecule has 1 aromatic carbocycles. The maximum absolute atomic E-state index is 12.7. The molecule has 0 unspecified atom stereocenters. The highest BCUT2D eigenvalue weighted by molar-refractivity contribution is 7.16.